The molecule has 3 N–H and O–H groups in total. The van der Waals surface area contributed by atoms with Crippen molar-refractivity contribution in [3.05, 3.63) is 11.4 Å². The average molecular weight is 305 g/mol. The highest BCUT2D eigenvalue weighted by molar-refractivity contribution is 7.16. The van der Waals surface area contributed by atoms with Gasteiger partial charge in [-0.1, -0.05) is 6.92 Å². The van der Waals surface area contributed by atoms with E-state index in [1.165, 1.54) is 0 Å². The lowest BCUT2D eigenvalue weighted by Gasteiger charge is -2.13. The highest BCUT2D eigenvalue weighted by Crippen LogP contribution is 2.26. The van der Waals surface area contributed by atoms with Gasteiger partial charge in [-0.3, -0.25) is 4.79 Å². The molecule has 0 spiro atoms. The second-order valence-electron chi connectivity index (χ2n) is 5.15. The molecule has 3 heterocycles. The third-order valence-electron chi connectivity index (χ3n) is 3.46. The second-order valence-corrected chi connectivity index (χ2v) is 6.04. The summed E-state index contributed by atoms with van der Waals surface area (Å²) < 4.78 is 0. The maximum absolute atomic E-state index is 11.2. The van der Waals surface area contributed by atoms with Gasteiger partial charge in [0.2, 0.25) is 11.9 Å². The fourth-order valence-corrected chi connectivity index (χ4v) is 3.12. The molecule has 1 aliphatic heterocycles. The molecule has 0 bridgehead atoms. The number of nitrogens with one attached hydrogen (secondary N) is 3. The molecule has 7 heteroatoms. The van der Waals surface area contributed by atoms with Gasteiger partial charge in [0, 0.05) is 25.6 Å². The number of rotatable bonds is 6. The normalized spacial score (nSPS) is 18.0. The van der Waals surface area contributed by atoms with Crippen molar-refractivity contribution in [2.24, 2.45) is 0 Å². The monoisotopic (exact) mass is 305 g/mol. The van der Waals surface area contributed by atoms with Crippen molar-refractivity contribution in [2.75, 3.05) is 23.7 Å². The van der Waals surface area contributed by atoms with E-state index in [1.807, 2.05) is 11.4 Å². The van der Waals surface area contributed by atoms with E-state index in [4.69, 9.17) is 0 Å². The standard InChI is InChI=1S/C14H19N5OS/c1-2-6-15-14-18-12(10-5-7-21-13(10)19-14)16-8-9-3-4-11(20)17-9/h5,7,9H,2-4,6,8H2,1H3,(H,17,20)(H2,15,16,18,19). The predicted molar refractivity (Wildman–Crippen MR) is 85.9 cm³/mol. The van der Waals surface area contributed by atoms with Crippen LogP contribution in [0.4, 0.5) is 11.8 Å². The Hall–Kier alpha value is -1.89. The van der Waals surface area contributed by atoms with Gasteiger partial charge in [-0.15, -0.1) is 11.3 Å². The van der Waals surface area contributed by atoms with E-state index in [2.05, 4.69) is 32.8 Å². The SMILES string of the molecule is CCCNc1nc(NCC2CCC(=O)N2)c2ccsc2n1. The van der Waals surface area contributed by atoms with Gasteiger partial charge in [0.05, 0.1) is 5.39 Å². The zero-order chi connectivity index (χ0) is 14.7. The van der Waals surface area contributed by atoms with Crippen LogP contribution in [0.2, 0.25) is 0 Å². The van der Waals surface area contributed by atoms with Crippen LogP contribution in [0.25, 0.3) is 10.2 Å². The van der Waals surface area contributed by atoms with Gasteiger partial charge in [0.15, 0.2) is 0 Å². The summed E-state index contributed by atoms with van der Waals surface area (Å²) in [5, 5.41) is 12.6. The molecule has 1 aliphatic rings. The molecule has 1 atom stereocenters. The van der Waals surface area contributed by atoms with E-state index in [9.17, 15) is 4.79 Å². The first-order valence-corrected chi connectivity index (χ1v) is 8.16. The molecule has 0 saturated carbocycles. The molecule has 1 saturated heterocycles. The first-order chi connectivity index (χ1) is 10.3. The van der Waals surface area contributed by atoms with Gasteiger partial charge in [-0.05, 0) is 24.3 Å². The van der Waals surface area contributed by atoms with Gasteiger partial charge in [-0.2, -0.15) is 4.98 Å². The van der Waals surface area contributed by atoms with Crippen molar-refractivity contribution < 1.29 is 4.79 Å². The number of anilines is 2. The van der Waals surface area contributed by atoms with Crippen molar-refractivity contribution >= 4 is 39.2 Å². The van der Waals surface area contributed by atoms with E-state index in [0.29, 0.717) is 18.9 Å². The van der Waals surface area contributed by atoms with Crippen LogP contribution in [-0.2, 0) is 4.79 Å². The molecule has 0 radical (unpaired) electrons. The van der Waals surface area contributed by atoms with Gasteiger partial charge in [-0.25, -0.2) is 4.98 Å². The Bertz CT molecular complexity index is 641. The van der Waals surface area contributed by atoms with E-state index in [-0.39, 0.29) is 11.9 Å². The lowest BCUT2D eigenvalue weighted by molar-refractivity contribution is -0.119. The number of aromatic nitrogens is 2. The maximum atomic E-state index is 11.2. The molecule has 1 unspecified atom stereocenters. The van der Waals surface area contributed by atoms with Crippen LogP contribution in [0, 0.1) is 0 Å². The lowest BCUT2D eigenvalue weighted by Crippen LogP contribution is -2.32. The number of fused-ring (bicyclic) bond motifs is 1. The van der Waals surface area contributed by atoms with Crippen molar-refractivity contribution in [1.29, 1.82) is 0 Å². The van der Waals surface area contributed by atoms with Crippen LogP contribution in [-0.4, -0.2) is 35.0 Å². The molecule has 21 heavy (non-hydrogen) atoms. The quantitative estimate of drug-likeness (QED) is 0.762. The number of thiophene rings is 1. The van der Waals surface area contributed by atoms with Crippen molar-refractivity contribution in [3.8, 4) is 0 Å². The molecule has 2 aromatic heterocycles. The Morgan fingerprint density at radius 3 is 3.10 bits per heavy atom. The van der Waals surface area contributed by atoms with Gasteiger partial charge >= 0.3 is 0 Å². The Balaban J connectivity index is 1.75. The highest BCUT2D eigenvalue weighted by Gasteiger charge is 2.20. The smallest absolute Gasteiger partial charge is 0.226 e. The van der Waals surface area contributed by atoms with Gasteiger partial charge in [0.1, 0.15) is 10.6 Å². The molecule has 1 fully saturated rings. The molecule has 0 aromatic carbocycles. The summed E-state index contributed by atoms with van der Waals surface area (Å²) in [7, 11) is 0. The molecule has 0 aliphatic carbocycles. The zero-order valence-corrected chi connectivity index (χ0v) is 12.8. The maximum Gasteiger partial charge on any atom is 0.226 e. The van der Waals surface area contributed by atoms with Crippen LogP contribution < -0.4 is 16.0 Å². The molecule has 3 rings (SSSR count). The van der Waals surface area contributed by atoms with Crippen LogP contribution >= 0.6 is 11.3 Å². The molecule has 112 valence electrons. The van der Waals surface area contributed by atoms with Crippen LogP contribution in [0.1, 0.15) is 26.2 Å². The van der Waals surface area contributed by atoms with E-state index in [1.54, 1.807) is 11.3 Å². The number of hydrogen-bond acceptors (Lipinski definition) is 6. The van der Waals surface area contributed by atoms with Gasteiger partial charge < -0.3 is 16.0 Å². The average Bonchev–Trinajstić information content (AvgIpc) is 3.11. The first-order valence-electron chi connectivity index (χ1n) is 7.28. The first kappa shape index (κ1) is 14.1. The van der Waals surface area contributed by atoms with Crippen molar-refractivity contribution in [1.82, 2.24) is 15.3 Å². The topological polar surface area (TPSA) is 78.9 Å². The van der Waals surface area contributed by atoms with Crippen molar-refractivity contribution in [3.63, 3.8) is 0 Å². The fourth-order valence-electron chi connectivity index (χ4n) is 2.36. The molecular formula is C14H19N5OS. The molecule has 2 aromatic rings. The highest BCUT2D eigenvalue weighted by atomic mass is 32.1. The van der Waals surface area contributed by atoms with E-state index >= 15 is 0 Å². The second kappa shape index (κ2) is 6.26. The Kier molecular flexibility index (Phi) is 4.19. The Labute approximate surface area is 127 Å². The number of carbonyl (C=O) groups excluding carboxylic acids is 1. The minimum atomic E-state index is 0.135. The summed E-state index contributed by atoms with van der Waals surface area (Å²) in [6.45, 7) is 3.66. The fraction of sp³-hybridized carbons (Fsp3) is 0.500. The minimum Gasteiger partial charge on any atom is -0.367 e. The summed E-state index contributed by atoms with van der Waals surface area (Å²) >= 11 is 1.61. The summed E-state index contributed by atoms with van der Waals surface area (Å²) in [6.07, 6.45) is 2.53. The van der Waals surface area contributed by atoms with Crippen LogP contribution in [0.3, 0.4) is 0 Å². The Morgan fingerprint density at radius 2 is 2.33 bits per heavy atom. The van der Waals surface area contributed by atoms with Gasteiger partial charge in [0.25, 0.3) is 0 Å². The third-order valence-corrected chi connectivity index (χ3v) is 4.27. The lowest BCUT2D eigenvalue weighted by atomic mass is 10.2. The number of carbonyl (C=O) groups is 1. The predicted octanol–water partition coefficient (Wildman–Crippen LogP) is 2.20. The summed E-state index contributed by atoms with van der Waals surface area (Å²) in [6, 6.07) is 2.22. The summed E-state index contributed by atoms with van der Waals surface area (Å²) in [5.41, 5.74) is 0. The minimum absolute atomic E-state index is 0.135. The van der Waals surface area contributed by atoms with E-state index in [0.717, 1.165) is 35.4 Å². The third kappa shape index (κ3) is 3.24. The zero-order valence-electron chi connectivity index (χ0n) is 12.0. The number of nitrogens with zero attached hydrogens (tertiary/aromatic N) is 2. The van der Waals surface area contributed by atoms with E-state index < -0.39 is 0 Å². The molecule has 1 amide bonds. The van der Waals surface area contributed by atoms with Crippen molar-refractivity contribution in [2.45, 2.75) is 32.2 Å². The van der Waals surface area contributed by atoms with Crippen LogP contribution in [0.5, 0.6) is 0 Å². The number of amides is 1. The number of hydrogen-bond donors (Lipinski definition) is 3. The largest absolute Gasteiger partial charge is 0.367 e. The molecule has 6 nitrogen and oxygen atoms in total. The Morgan fingerprint density at radius 1 is 1.43 bits per heavy atom. The summed E-state index contributed by atoms with van der Waals surface area (Å²) in [4.78, 5) is 21.3. The molecular weight excluding hydrogens is 286 g/mol. The summed E-state index contributed by atoms with van der Waals surface area (Å²) in [5.74, 6) is 1.63. The van der Waals surface area contributed by atoms with Crippen LogP contribution in [0.15, 0.2) is 11.4 Å².